The van der Waals surface area contributed by atoms with Crippen molar-refractivity contribution >= 4 is 49.3 Å². The Balaban J connectivity index is 1.85. The monoisotopic (exact) mass is 439 g/mol. The van der Waals surface area contributed by atoms with E-state index in [-0.39, 0.29) is 17.1 Å². The number of aromatic nitrogens is 2. The summed E-state index contributed by atoms with van der Waals surface area (Å²) < 4.78 is 6.65. The third kappa shape index (κ3) is 2.44. The lowest BCUT2D eigenvalue weighted by Gasteiger charge is -2.22. The van der Waals surface area contributed by atoms with E-state index in [1.54, 1.807) is 54.3 Å². The summed E-state index contributed by atoms with van der Waals surface area (Å²) >= 11 is 4.72. The van der Waals surface area contributed by atoms with E-state index in [1.807, 2.05) is 0 Å². The highest BCUT2D eigenvalue weighted by Crippen LogP contribution is 2.41. The number of amides is 1. The van der Waals surface area contributed by atoms with Gasteiger partial charge in [0.1, 0.15) is 5.58 Å². The number of nitrogens with zero attached hydrogens (tertiary/aromatic N) is 3. The molecule has 1 aliphatic heterocycles. The van der Waals surface area contributed by atoms with Crippen LogP contribution in [0.25, 0.3) is 11.0 Å². The first-order valence-electron chi connectivity index (χ1n) is 8.04. The first-order valence-corrected chi connectivity index (χ1v) is 9.71. The van der Waals surface area contributed by atoms with Crippen LogP contribution in [0.3, 0.4) is 0 Å². The number of carbonyl (C=O) groups is 1. The lowest BCUT2D eigenvalue weighted by molar-refractivity contribution is 0.0971. The molecule has 0 radical (unpaired) electrons. The van der Waals surface area contributed by atoms with E-state index in [9.17, 15) is 9.59 Å². The summed E-state index contributed by atoms with van der Waals surface area (Å²) in [5.41, 5.74) is 1.26. The first kappa shape index (κ1) is 16.3. The second kappa shape index (κ2) is 6.11. The maximum absolute atomic E-state index is 13.3. The largest absolute Gasteiger partial charge is 0.450 e. The van der Waals surface area contributed by atoms with Crippen LogP contribution in [0.2, 0.25) is 0 Å². The predicted octanol–water partition coefficient (Wildman–Crippen LogP) is 4.16. The van der Waals surface area contributed by atoms with Crippen LogP contribution in [0.1, 0.15) is 27.7 Å². The number of pyridine rings is 1. The number of fused-ring (bicyclic) bond motifs is 2. The van der Waals surface area contributed by atoms with Crippen molar-refractivity contribution in [3.63, 3.8) is 0 Å². The van der Waals surface area contributed by atoms with Crippen LogP contribution in [-0.2, 0) is 0 Å². The number of thiazole rings is 1. The molecule has 1 atom stereocenters. The molecule has 1 unspecified atom stereocenters. The van der Waals surface area contributed by atoms with E-state index < -0.39 is 6.04 Å². The van der Waals surface area contributed by atoms with Gasteiger partial charge in [-0.05, 0) is 35.9 Å². The number of hydrogen-bond donors (Lipinski definition) is 0. The maximum atomic E-state index is 13.3. The van der Waals surface area contributed by atoms with Gasteiger partial charge in [-0.2, -0.15) is 0 Å². The molecule has 4 aromatic rings. The Hall–Kier alpha value is -2.84. The zero-order chi connectivity index (χ0) is 18.5. The molecule has 4 heterocycles. The fourth-order valence-corrected chi connectivity index (χ4v) is 4.37. The van der Waals surface area contributed by atoms with Gasteiger partial charge in [0.2, 0.25) is 5.76 Å². The first-order chi connectivity index (χ1) is 13.1. The summed E-state index contributed by atoms with van der Waals surface area (Å²) in [6.07, 6.45) is 4.90. The van der Waals surface area contributed by atoms with Gasteiger partial charge in [-0.3, -0.25) is 19.5 Å². The molecule has 0 saturated heterocycles. The van der Waals surface area contributed by atoms with Crippen LogP contribution in [0, 0.1) is 0 Å². The van der Waals surface area contributed by atoms with Gasteiger partial charge in [-0.1, -0.05) is 15.9 Å². The minimum atomic E-state index is -0.610. The Morgan fingerprint density at radius 1 is 1.11 bits per heavy atom. The number of rotatable bonds is 2. The highest BCUT2D eigenvalue weighted by molar-refractivity contribution is 9.10. The van der Waals surface area contributed by atoms with E-state index in [2.05, 4.69) is 25.9 Å². The van der Waals surface area contributed by atoms with Crippen molar-refractivity contribution in [3.8, 4) is 0 Å². The van der Waals surface area contributed by atoms with Crippen molar-refractivity contribution in [2.24, 2.45) is 0 Å². The Morgan fingerprint density at radius 2 is 1.93 bits per heavy atom. The molecular formula is C19H10BrN3O3S. The van der Waals surface area contributed by atoms with Crippen molar-refractivity contribution in [3.05, 3.63) is 85.9 Å². The summed E-state index contributed by atoms with van der Waals surface area (Å²) in [6.45, 7) is 0. The van der Waals surface area contributed by atoms with Crippen LogP contribution >= 0.6 is 27.3 Å². The van der Waals surface area contributed by atoms with Gasteiger partial charge >= 0.3 is 0 Å². The molecule has 0 spiro atoms. The molecule has 1 aromatic carbocycles. The molecule has 1 aliphatic rings. The average molecular weight is 440 g/mol. The van der Waals surface area contributed by atoms with Crippen molar-refractivity contribution < 1.29 is 9.21 Å². The molecule has 0 aliphatic carbocycles. The second-order valence-corrected chi connectivity index (χ2v) is 7.78. The van der Waals surface area contributed by atoms with Gasteiger partial charge in [0.05, 0.1) is 17.0 Å². The van der Waals surface area contributed by atoms with Crippen LogP contribution < -0.4 is 10.3 Å². The summed E-state index contributed by atoms with van der Waals surface area (Å²) in [5.74, 6) is -0.310. The Morgan fingerprint density at radius 3 is 2.67 bits per heavy atom. The Bertz CT molecular complexity index is 1240. The highest BCUT2D eigenvalue weighted by Gasteiger charge is 2.44. The van der Waals surface area contributed by atoms with Crippen molar-refractivity contribution in [2.75, 3.05) is 4.90 Å². The third-order valence-electron chi connectivity index (χ3n) is 4.48. The smallest absolute Gasteiger partial charge is 0.297 e. The van der Waals surface area contributed by atoms with Crippen LogP contribution in [0.4, 0.5) is 5.13 Å². The van der Waals surface area contributed by atoms with Crippen LogP contribution in [-0.4, -0.2) is 15.9 Å². The van der Waals surface area contributed by atoms with E-state index >= 15 is 0 Å². The highest BCUT2D eigenvalue weighted by atomic mass is 79.9. The quantitative estimate of drug-likeness (QED) is 0.468. The predicted molar refractivity (Wildman–Crippen MR) is 105 cm³/mol. The van der Waals surface area contributed by atoms with Gasteiger partial charge in [0.25, 0.3) is 5.91 Å². The van der Waals surface area contributed by atoms with Gasteiger partial charge in [-0.15, -0.1) is 11.3 Å². The molecule has 1 amide bonds. The average Bonchev–Trinajstić information content (AvgIpc) is 3.30. The normalized spacial score (nSPS) is 16.1. The molecule has 27 heavy (non-hydrogen) atoms. The fourth-order valence-electron chi connectivity index (χ4n) is 3.34. The lowest BCUT2D eigenvalue weighted by atomic mass is 10.00. The van der Waals surface area contributed by atoms with E-state index in [0.29, 0.717) is 21.7 Å². The number of halogens is 1. The molecule has 0 bridgehead atoms. The number of benzene rings is 1. The number of hydrogen-bond acceptors (Lipinski definition) is 6. The third-order valence-corrected chi connectivity index (χ3v) is 5.74. The van der Waals surface area contributed by atoms with Crippen molar-refractivity contribution in [2.45, 2.75) is 6.04 Å². The minimum Gasteiger partial charge on any atom is -0.450 e. The molecule has 5 rings (SSSR count). The molecule has 0 N–H and O–H groups in total. The van der Waals surface area contributed by atoms with Crippen LogP contribution in [0.15, 0.2) is 68.0 Å². The molecule has 0 saturated carbocycles. The standard InChI is InChI=1S/C19H10BrN3O3S/c20-11-1-2-13-12(9-11)16(24)14-15(10-3-5-21-6-4-10)23(18(25)17(14)26-13)19-22-7-8-27-19/h1-9,15H. The van der Waals surface area contributed by atoms with Gasteiger partial charge in [0.15, 0.2) is 10.6 Å². The van der Waals surface area contributed by atoms with E-state index in [4.69, 9.17) is 4.42 Å². The molecule has 8 heteroatoms. The Kier molecular flexibility index (Phi) is 3.70. The summed E-state index contributed by atoms with van der Waals surface area (Å²) in [4.78, 5) is 36.3. The molecule has 3 aromatic heterocycles. The minimum absolute atomic E-state index is 0.0619. The molecule has 132 valence electrons. The summed E-state index contributed by atoms with van der Waals surface area (Å²) in [5, 5.41) is 2.73. The summed E-state index contributed by atoms with van der Waals surface area (Å²) in [7, 11) is 0. The zero-order valence-electron chi connectivity index (χ0n) is 13.6. The summed E-state index contributed by atoms with van der Waals surface area (Å²) in [6, 6.07) is 8.14. The number of anilines is 1. The Labute approximate surface area is 165 Å². The zero-order valence-corrected chi connectivity index (χ0v) is 16.0. The fraction of sp³-hybridized carbons (Fsp3) is 0.0526. The maximum Gasteiger partial charge on any atom is 0.297 e. The van der Waals surface area contributed by atoms with Gasteiger partial charge < -0.3 is 4.42 Å². The van der Waals surface area contributed by atoms with Gasteiger partial charge in [-0.25, -0.2) is 4.98 Å². The van der Waals surface area contributed by atoms with E-state index in [1.165, 1.54) is 16.2 Å². The number of carbonyl (C=O) groups excluding carboxylic acids is 1. The topological polar surface area (TPSA) is 76.3 Å². The van der Waals surface area contributed by atoms with E-state index in [0.717, 1.165) is 10.0 Å². The SMILES string of the molecule is O=C1c2oc3ccc(Br)cc3c(=O)c2C(c2ccncc2)N1c1nccs1. The van der Waals surface area contributed by atoms with Crippen molar-refractivity contribution in [1.29, 1.82) is 0 Å². The lowest BCUT2D eigenvalue weighted by Crippen LogP contribution is -2.29. The molecule has 0 fully saturated rings. The van der Waals surface area contributed by atoms with Gasteiger partial charge in [0, 0.05) is 28.4 Å². The molecule has 6 nitrogen and oxygen atoms in total. The second-order valence-electron chi connectivity index (χ2n) is 5.99. The van der Waals surface area contributed by atoms with Crippen LogP contribution in [0.5, 0.6) is 0 Å². The van der Waals surface area contributed by atoms with Crippen molar-refractivity contribution in [1.82, 2.24) is 9.97 Å². The molecular weight excluding hydrogens is 430 g/mol.